The Hall–Kier alpha value is -3.22. The molecule has 32 heavy (non-hydrogen) atoms. The lowest BCUT2D eigenvalue weighted by Crippen LogP contribution is -2.40. The third-order valence-corrected chi connectivity index (χ3v) is 6.78. The largest absolute Gasteiger partial charge is 0.416 e. The number of anilines is 1. The number of nitrogens with two attached hydrogens (primary N) is 1. The lowest BCUT2D eigenvalue weighted by molar-refractivity contribution is -0.137. The van der Waals surface area contributed by atoms with Gasteiger partial charge < -0.3 is 15.8 Å². The highest BCUT2D eigenvalue weighted by atomic mass is 32.2. The number of rotatable bonds is 5. The highest BCUT2D eigenvalue weighted by molar-refractivity contribution is 7.91. The second-order valence-electron chi connectivity index (χ2n) is 7.29. The smallest absolute Gasteiger partial charge is 0.409 e. The van der Waals surface area contributed by atoms with Crippen molar-refractivity contribution in [3.8, 4) is 0 Å². The van der Waals surface area contributed by atoms with Crippen LogP contribution in [0.1, 0.15) is 29.8 Å². The molecule has 3 N–H and O–H groups in total. The van der Waals surface area contributed by atoms with Crippen molar-refractivity contribution < 1.29 is 31.6 Å². The van der Waals surface area contributed by atoms with Gasteiger partial charge in [0, 0.05) is 11.6 Å². The fourth-order valence-corrected chi connectivity index (χ4v) is 4.79. The molecule has 2 heterocycles. The van der Waals surface area contributed by atoms with Crippen LogP contribution >= 0.6 is 0 Å². The molecule has 3 rings (SSSR count). The van der Waals surface area contributed by atoms with Gasteiger partial charge in [-0.15, -0.1) is 5.10 Å². The van der Waals surface area contributed by atoms with Crippen molar-refractivity contribution in [2.24, 2.45) is 16.8 Å². The zero-order valence-electron chi connectivity index (χ0n) is 16.7. The van der Waals surface area contributed by atoms with E-state index in [2.05, 4.69) is 15.4 Å². The lowest BCUT2D eigenvalue weighted by Gasteiger charge is -2.29. The van der Waals surface area contributed by atoms with Crippen LogP contribution in [0.15, 0.2) is 41.6 Å². The molecule has 2 aromatic rings. The van der Waals surface area contributed by atoms with Gasteiger partial charge in [-0.25, -0.2) is 8.42 Å². The molecule has 1 fully saturated rings. The zero-order chi connectivity index (χ0) is 23.5. The highest BCUT2D eigenvalue weighted by Crippen LogP contribution is 2.33. The summed E-state index contributed by atoms with van der Waals surface area (Å²) >= 11 is 0. The normalized spacial score (nSPS) is 17.2. The third kappa shape index (κ3) is 5.52. The standard InChI is InChI=1S/C19H20F3N5O4S/c20-19(21,22)13-2-1-3-15(10-13)27(18(28)12-6-8-32(30,31)9-7-12)11-14-4-5-16(25-24-14)17(23)26-29/h1-5,10,12,29H,6-9,11H2,(H2,23,26). The van der Waals surface area contributed by atoms with Crippen molar-refractivity contribution in [3.05, 3.63) is 53.3 Å². The number of hydrogen-bond acceptors (Lipinski definition) is 7. The molecular formula is C19H20F3N5O4S. The van der Waals surface area contributed by atoms with E-state index in [0.29, 0.717) is 0 Å². The molecule has 0 aliphatic carbocycles. The van der Waals surface area contributed by atoms with Gasteiger partial charge in [0.15, 0.2) is 5.84 Å². The fourth-order valence-electron chi connectivity index (χ4n) is 3.30. The fraction of sp³-hybridized carbons (Fsp3) is 0.368. The van der Waals surface area contributed by atoms with Crippen LogP contribution in [0.4, 0.5) is 18.9 Å². The summed E-state index contributed by atoms with van der Waals surface area (Å²) in [6, 6.07) is 7.14. The second kappa shape index (κ2) is 9.10. The second-order valence-corrected chi connectivity index (χ2v) is 9.60. The Morgan fingerprint density at radius 1 is 1.19 bits per heavy atom. The summed E-state index contributed by atoms with van der Waals surface area (Å²) in [5, 5.41) is 19.2. The number of aromatic nitrogens is 2. The van der Waals surface area contributed by atoms with Crippen molar-refractivity contribution in [3.63, 3.8) is 0 Å². The summed E-state index contributed by atoms with van der Waals surface area (Å²) in [7, 11) is -3.23. The van der Waals surface area contributed by atoms with Crippen LogP contribution in [-0.4, -0.2) is 47.1 Å². The molecule has 1 aromatic heterocycles. The van der Waals surface area contributed by atoms with Crippen LogP contribution in [0.5, 0.6) is 0 Å². The Labute approximate surface area is 181 Å². The molecule has 9 nitrogen and oxygen atoms in total. The van der Waals surface area contributed by atoms with Crippen LogP contribution < -0.4 is 10.6 Å². The summed E-state index contributed by atoms with van der Waals surface area (Å²) in [6.07, 6.45) is -4.43. The monoisotopic (exact) mass is 471 g/mol. The van der Waals surface area contributed by atoms with E-state index < -0.39 is 33.4 Å². The van der Waals surface area contributed by atoms with Crippen molar-refractivity contribution in [1.82, 2.24) is 10.2 Å². The zero-order valence-corrected chi connectivity index (χ0v) is 17.5. The molecule has 1 amide bonds. The molecule has 172 valence electrons. The minimum absolute atomic E-state index is 0.000525. The van der Waals surface area contributed by atoms with Crippen LogP contribution in [-0.2, 0) is 27.4 Å². The maximum atomic E-state index is 13.2. The van der Waals surface area contributed by atoms with Gasteiger partial charge in [0.05, 0.1) is 29.3 Å². The van der Waals surface area contributed by atoms with Crippen LogP contribution in [0.3, 0.4) is 0 Å². The van der Waals surface area contributed by atoms with Gasteiger partial charge in [0.1, 0.15) is 15.5 Å². The van der Waals surface area contributed by atoms with Gasteiger partial charge in [-0.05, 0) is 43.2 Å². The summed E-state index contributed by atoms with van der Waals surface area (Å²) < 4.78 is 63.1. The van der Waals surface area contributed by atoms with E-state index in [1.807, 2.05) is 0 Å². The predicted molar refractivity (Wildman–Crippen MR) is 109 cm³/mol. The Balaban J connectivity index is 1.93. The van der Waals surface area contributed by atoms with Crippen LogP contribution in [0, 0.1) is 5.92 Å². The van der Waals surface area contributed by atoms with E-state index in [9.17, 15) is 26.4 Å². The molecule has 0 radical (unpaired) electrons. The maximum Gasteiger partial charge on any atom is 0.416 e. The van der Waals surface area contributed by atoms with Gasteiger partial charge in [-0.1, -0.05) is 11.2 Å². The lowest BCUT2D eigenvalue weighted by atomic mass is 10.00. The van der Waals surface area contributed by atoms with E-state index in [-0.39, 0.29) is 53.8 Å². The molecule has 1 aliphatic heterocycles. The van der Waals surface area contributed by atoms with Crippen molar-refractivity contribution in [2.75, 3.05) is 16.4 Å². The molecule has 13 heteroatoms. The number of benzene rings is 1. The van der Waals surface area contributed by atoms with Gasteiger partial charge in [0.25, 0.3) is 0 Å². The third-order valence-electron chi connectivity index (χ3n) is 5.07. The van der Waals surface area contributed by atoms with E-state index >= 15 is 0 Å². The van der Waals surface area contributed by atoms with Crippen molar-refractivity contribution >= 4 is 27.3 Å². The van der Waals surface area contributed by atoms with Crippen LogP contribution in [0.2, 0.25) is 0 Å². The number of amidine groups is 1. The minimum atomic E-state index is -4.60. The van der Waals surface area contributed by atoms with E-state index in [1.54, 1.807) is 0 Å². The van der Waals surface area contributed by atoms with Gasteiger partial charge in [0.2, 0.25) is 5.91 Å². The first-order chi connectivity index (χ1) is 15.0. The Morgan fingerprint density at radius 2 is 1.88 bits per heavy atom. The van der Waals surface area contributed by atoms with E-state index in [1.165, 1.54) is 24.3 Å². The molecule has 0 saturated carbocycles. The summed E-state index contributed by atoms with van der Waals surface area (Å²) in [6.45, 7) is -0.202. The average molecular weight is 471 g/mol. The molecule has 1 saturated heterocycles. The number of carbonyl (C=O) groups excluding carboxylic acids is 1. The first-order valence-corrected chi connectivity index (χ1v) is 11.3. The molecule has 0 atom stereocenters. The number of sulfone groups is 1. The van der Waals surface area contributed by atoms with Gasteiger partial charge in [-0.3, -0.25) is 4.79 Å². The van der Waals surface area contributed by atoms with Crippen molar-refractivity contribution in [2.45, 2.75) is 25.6 Å². The molecule has 0 bridgehead atoms. The number of halogens is 3. The van der Waals surface area contributed by atoms with E-state index in [0.717, 1.165) is 17.0 Å². The summed E-state index contributed by atoms with van der Waals surface area (Å²) in [4.78, 5) is 14.4. The summed E-state index contributed by atoms with van der Waals surface area (Å²) in [5.41, 5.74) is 4.83. The number of carbonyl (C=O) groups is 1. The average Bonchev–Trinajstić information content (AvgIpc) is 2.76. The predicted octanol–water partition coefficient (Wildman–Crippen LogP) is 1.95. The highest BCUT2D eigenvalue weighted by Gasteiger charge is 2.34. The molecule has 1 aliphatic rings. The molecular weight excluding hydrogens is 451 g/mol. The Bertz CT molecular complexity index is 1110. The SMILES string of the molecule is N/C(=N/O)c1ccc(CN(C(=O)C2CCS(=O)(=O)CC2)c2cccc(C(F)(F)F)c2)nn1. The first kappa shape index (κ1) is 23.4. The Morgan fingerprint density at radius 3 is 2.44 bits per heavy atom. The van der Waals surface area contributed by atoms with Gasteiger partial charge in [-0.2, -0.15) is 18.3 Å². The van der Waals surface area contributed by atoms with Crippen LogP contribution in [0.25, 0.3) is 0 Å². The molecule has 1 aromatic carbocycles. The maximum absolute atomic E-state index is 13.2. The van der Waals surface area contributed by atoms with Crippen molar-refractivity contribution in [1.29, 1.82) is 0 Å². The van der Waals surface area contributed by atoms with E-state index in [4.69, 9.17) is 10.9 Å². The molecule has 0 unspecified atom stereocenters. The van der Waals surface area contributed by atoms with Gasteiger partial charge >= 0.3 is 6.18 Å². The molecule has 0 spiro atoms. The minimum Gasteiger partial charge on any atom is -0.409 e. The number of alkyl halides is 3. The number of oxime groups is 1. The number of amides is 1. The summed E-state index contributed by atoms with van der Waals surface area (Å²) in [5.74, 6) is -1.75. The number of nitrogens with zero attached hydrogens (tertiary/aromatic N) is 4. The quantitative estimate of drug-likeness (QED) is 0.294. The first-order valence-electron chi connectivity index (χ1n) is 9.50. The number of hydrogen-bond donors (Lipinski definition) is 2. The topological polar surface area (TPSA) is 139 Å². The Kier molecular flexibility index (Phi) is 6.67.